The van der Waals surface area contributed by atoms with Crippen molar-refractivity contribution < 1.29 is 0 Å². The second-order valence-corrected chi connectivity index (χ2v) is 3.39. The minimum Gasteiger partial charge on any atom is -0.397 e. The van der Waals surface area contributed by atoms with Gasteiger partial charge in [-0.05, 0) is 12.1 Å². The quantitative estimate of drug-likeness (QED) is 0.763. The SMILES string of the molecule is Nc1ccc(SC/C=C/Cl)nc1. The fraction of sp³-hybridized carbons (Fsp3) is 0.125. The minimum absolute atomic E-state index is 0.687. The fourth-order valence-corrected chi connectivity index (χ4v) is 1.50. The molecule has 0 atom stereocenters. The van der Waals surface area contributed by atoms with Gasteiger partial charge in [0.2, 0.25) is 0 Å². The number of thioether (sulfide) groups is 1. The van der Waals surface area contributed by atoms with E-state index in [1.807, 2.05) is 18.2 Å². The third-order valence-corrected chi connectivity index (χ3v) is 2.25. The first-order valence-corrected chi connectivity index (χ1v) is 4.84. The van der Waals surface area contributed by atoms with E-state index in [0.29, 0.717) is 5.69 Å². The summed E-state index contributed by atoms with van der Waals surface area (Å²) in [6, 6.07) is 3.72. The molecule has 4 heteroatoms. The summed E-state index contributed by atoms with van der Waals surface area (Å²) in [5.74, 6) is 0.834. The molecule has 2 N–H and O–H groups in total. The van der Waals surface area contributed by atoms with Gasteiger partial charge in [-0.2, -0.15) is 0 Å². The number of halogens is 1. The van der Waals surface area contributed by atoms with Crippen molar-refractivity contribution in [2.45, 2.75) is 5.03 Å². The molecule has 1 aromatic rings. The number of nitrogens with two attached hydrogens (primary N) is 1. The molecule has 2 nitrogen and oxygen atoms in total. The van der Waals surface area contributed by atoms with Crippen LogP contribution in [0.1, 0.15) is 0 Å². The largest absolute Gasteiger partial charge is 0.397 e. The summed E-state index contributed by atoms with van der Waals surface area (Å²) in [6.45, 7) is 0. The molecule has 0 fully saturated rings. The van der Waals surface area contributed by atoms with Crippen molar-refractivity contribution >= 4 is 29.1 Å². The maximum atomic E-state index is 5.47. The van der Waals surface area contributed by atoms with Gasteiger partial charge in [0.05, 0.1) is 16.9 Å². The van der Waals surface area contributed by atoms with E-state index in [2.05, 4.69) is 4.98 Å². The van der Waals surface area contributed by atoms with Crippen LogP contribution in [0.15, 0.2) is 35.0 Å². The highest BCUT2D eigenvalue weighted by Gasteiger charge is 1.91. The minimum atomic E-state index is 0.687. The Morgan fingerprint density at radius 3 is 3.00 bits per heavy atom. The Morgan fingerprint density at radius 2 is 2.42 bits per heavy atom. The van der Waals surface area contributed by atoms with E-state index in [1.165, 1.54) is 5.54 Å². The zero-order chi connectivity index (χ0) is 8.81. The molecule has 0 aliphatic heterocycles. The number of rotatable bonds is 3. The normalized spacial score (nSPS) is 10.8. The Bertz CT molecular complexity index is 258. The predicted octanol–water partition coefficient (Wildman–Crippen LogP) is 2.51. The Hall–Kier alpha value is -0.670. The van der Waals surface area contributed by atoms with Crippen molar-refractivity contribution in [1.29, 1.82) is 0 Å². The average Bonchev–Trinajstić information content (AvgIpc) is 2.09. The van der Waals surface area contributed by atoms with E-state index in [9.17, 15) is 0 Å². The van der Waals surface area contributed by atoms with E-state index in [1.54, 1.807) is 18.0 Å². The lowest BCUT2D eigenvalue weighted by Crippen LogP contribution is -1.86. The Labute approximate surface area is 80.8 Å². The van der Waals surface area contributed by atoms with Crippen LogP contribution in [0.4, 0.5) is 5.69 Å². The molecular weight excluding hydrogens is 192 g/mol. The van der Waals surface area contributed by atoms with Crippen molar-refractivity contribution in [2.24, 2.45) is 0 Å². The number of hydrogen-bond acceptors (Lipinski definition) is 3. The average molecular weight is 201 g/mol. The summed E-state index contributed by atoms with van der Waals surface area (Å²) in [6.07, 6.45) is 3.51. The second kappa shape index (κ2) is 5.06. The molecule has 1 aromatic heterocycles. The third-order valence-electron chi connectivity index (χ3n) is 1.18. The molecule has 0 aliphatic rings. The van der Waals surface area contributed by atoms with E-state index in [-0.39, 0.29) is 0 Å². The molecule has 0 aliphatic carbocycles. The molecule has 64 valence electrons. The van der Waals surface area contributed by atoms with Crippen molar-refractivity contribution in [2.75, 3.05) is 11.5 Å². The summed E-state index contributed by atoms with van der Waals surface area (Å²) >= 11 is 6.97. The molecule has 12 heavy (non-hydrogen) atoms. The maximum absolute atomic E-state index is 5.47. The first kappa shape index (κ1) is 9.42. The number of aromatic nitrogens is 1. The zero-order valence-electron chi connectivity index (χ0n) is 6.40. The van der Waals surface area contributed by atoms with Gasteiger partial charge in [-0.15, -0.1) is 11.8 Å². The van der Waals surface area contributed by atoms with E-state index >= 15 is 0 Å². The van der Waals surface area contributed by atoms with Gasteiger partial charge >= 0.3 is 0 Å². The van der Waals surface area contributed by atoms with Crippen molar-refractivity contribution in [1.82, 2.24) is 4.98 Å². The van der Waals surface area contributed by atoms with Crippen LogP contribution in [0.2, 0.25) is 0 Å². The molecule has 0 saturated carbocycles. The topological polar surface area (TPSA) is 38.9 Å². The van der Waals surface area contributed by atoms with Crippen molar-refractivity contribution in [3.05, 3.63) is 29.9 Å². The van der Waals surface area contributed by atoms with Crippen LogP contribution in [-0.2, 0) is 0 Å². The lowest BCUT2D eigenvalue weighted by atomic mass is 10.4. The Morgan fingerprint density at radius 1 is 1.58 bits per heavy atom. The predicted molar refractivity (Wildman–Crippen MR) is 54.4 cm³/mol. The standard InChI is InChI=1S/C8H9ClN2S/c9-4-1-5-12-8-3-2-7(10)6-11-8/h1-4,6H,5,10H2/b4-1+. The molecule has 0 spiro atoms. The molecular formula is C8H9ClN2S. The van der Waals surface area contributed by atoms with E-state index < -0.39 is 0 Å². The van der Waals surface area contributed by atoms with Gasteiger partial charge in [-0.1, -0.05) is 17.7 Å². The lowest BCUT2D eigenvalue weighted by molar-refractivity contribution is 1.14. The van der Waals surface area contributed by atoms with E-state index in [0.717, 1.165) is 10.8 Å². The fourth-order valence-electron chi connectivity index (χ4n) is 0.647. The van der Waals surface area contributed by atoms with Crippen LogP contribution in [-0.4, -0.2) is 10.7 Å². The highest BCUT2D eigenvalue weighted by Crippen LogP contribution is 2.15. The van der Waals surface area contributed by atoms with Gasteiger partial charge < -0.3 is 5.73 Å². The number of hydrogen-bond donors (Lipinski definition) is 1. The van der Waals surface area contributed by atoms with Crippen molar-refractivity contribution in [3.8, 4) is 0 Å². The van der Waals surface area contributed by atoms with Gasteiger partial charge in [0.25, 0.3) is 0 Å². The Kier molecular flexibility index (Phi) is 3.97. The third kappa shape index (κ3) is 3.15. The molecule has 0 amide bonds. The van der Waals surface area contributed by atoms with Gasteiger partial charge in [-0.25, -0.2) is 4.98 Å². The molecule has 1 heterocycles. The van der Waals surface area contributed by atoms with Crippen LogP contribution >= 0.6 is 23.4 Å². The summed E-state index contributed by atoms with van der Waals surface area (Å²) < 4.78 is 0. The maximum Gasteiger partial charge on any atom is 0.0964 e. The number of nitrogen functional groups attached to an aromatic ring is 1. The van der Waals surface area contributed by atoms with Gasteiger partial charge in [0.15, 0.2) is 0 Å². The van der Waals surface area contributed by atoms with Gasteiger partial charge in [-0.3, -0.25) is 0 Å². The highest BCUT2D eigenvalue weighted by molar-refractivity contribution is 7.99. The smallest absolute Gasteiger partial charge is 0.0964 e. The number of pyridine rings is 1. The first-order chi connectivity index (χ1) is 5.83. The van der Waals surface area contributed by atoms with Crippen LogP contribution in [0.3, 0.4) is 0 Å². The molecule has 0 radical (unpaired) electrons. The number of nitrogens with zero attached hydrogens (tertiary/aromatic N) is 1. The van der Waals surface area contributed by atoms with Crippen LogP contribution in [0.25, 0.3) is 0 Å². The van der Waals surface area contributed by atoms with Gasteiger partial charge in [0.1, 0.15) is 0 Å². The van der Waals surface area contributed by atoms with E-state index in [4.69, 9.17) is 17.3 Å². The van der Waals surface area contributed by atoms with Gasteiger partial charge in [0, 0.05) is 11.3 Å². The molecule has 1 rings (SSSR count). The number of anilines is 1. The second-order valence-electron chi connectivity index (χ2n) is 2.10. The highest BCUT2D eigenvalue weighted by atomic mass is 35.5. The molecule has 0 bridgehead atoms. The molecule has 0 saturated heterocycles. The summed E-state index contributed by atoms with van der Waals surface area (Å²) in [4.78, 5) is 4.11. The summed E-state index contributed by atoms with van der Waals surface area (Å²) in [5, 5.41) is 0.957. The Balaban J connectivity index is 2.47. The zero-order valence-corrected chi connectivity index (χ0v) is 7.98. The summed E-state index contributed by atoms with van der Waals surface area (Å²) in [7, 11) is 0. The van der Waals surface area contributed by atoms with Crippen LogP contribution < -0.4 is 5.73 Å². The monoisotopic (exact) mass is 200 g/mol. The summed E-state index contributed by atoms with van der Waals surface area (Å²) in [5.41, 5.74) is 7.67. The van der Waals surface area contributed by atoms with Crippen LogP contribution in [0, 0.1) is 0 Å². The van der Waals surface area contributed by atoms with Crippen molar-refractivity contribution in [3.63, 3.8) is 0 Å². The lowest BCUT2D eigenvalue weighted by Gasteiger charge is -1.96. The molecule has 0 unspecified atom stereocenters. The molecule has 0 aromatic carbocycles. The van der Waals surface area contributed by atoms with Crippen LogP contribution in [0.5, 0.6) is 0 Å². The first-order valence-electron chi connectivity index (χ1n) is 3.42.